The maximum atomic E-state index is 6.52. The summed E-state index contributed by atoms with van der Waals surface area (Å²) in [5, 5.41) is 0. The molecule has 0 fully saturated rings. The summed E-state index contributed by atoms with van der Waals surface area (Å²) in [6.07, 6.45) is 0.895. The predicted octanol–water partition coefficient (Wildman–Crippen LogP) is 4.47. The molecule has 0 saturated heterocycles. The first-order chi connectivity index (χ1) is 9.40. The highest BCUT2D eigenvalue weighted by Gasteiger charge is 2.15. The second-order valence-electron chi connectivity index (χ2n) is 5.97. The normalized spacial score (nSPS) is 12.5. The van der Waals surface area contributed by atoms with E-state index in [1.165, 1.54) is 38.9 Å². The van der Waals surface area contributed by atoms with Gasteiger partial charge >= 0.3 is 0 Å². The Kier molecular flexibility index (Phi) is 4.29. The molecule has 2 aromatic carbocycles. The summed E-state index contributed by atoms with van der Waals surface area (Å²) < 4.78 is 0. The molecule has 1 atom stereocenters. The Morgan fingerprint density at radius 3 is 2.05 bits per heavy atom. The fourth-order valence-electron chi connectivity index (χ4n) is 3.00. The van der Waals surface area contributed by atoms with E-state index in [4.69, 9.17) is 5.73 Å². The van der Waals surface area contributed by atoms with E-state index in [1.54, 1.807) is 0 Å². The molecule has 2 aromatic rings. The Morgan fingerprint density at radius 2 is 1.50 bits per heavy atom. The molecule has 2 rings (SSSR count). The Hall–Kier alpha value is -1.60. The van der Waals surface area contributed by atoms with E-state index in [0.717, 1.165) is 6.42 Å². The van der Waals surface area contributed by atoms with Crippen molar-refractivity contribution in [1.29, 1.82) is 0 Å². The summed E-state index contributed by atoms with van der Waals surface area (Å²) in [4.78, 5) is 0. The first kappa shape index (κ1) is 14.8. The zero-order valence-electron chi connectivity index (χ0n) is 13.2. The number of aryl methyl sites for hydroxylation is 3. The van der Waals surface area contributed by atoms with Gasteiger partial charge in [-0.15, -0.1) is 0 Å². The fourth-order valence-corrected chi connectivity index (χ4v) is 3.00. The number of hydrogen-bond acceptors (Lipinski definition) is 1. The Labute approximate surface area is 122 Å². The van der Waals surface area contributed by atoms with Crippen LogP contribution in [0, 0.1) is 34.6 Å². The molecule has 0 radical (unpaired) electrons. The Bertz CT molecular complexity index is 600. The van der Waals surface area contributed by atoms with Crippen molar-refractivity contribution in [3.63, 3.8) is 0 Å². The van der Waals surface area contributed by atoms with Crippen LogP contribution in [0.5, 0.6) is 0 Å². The van der Waals surface area contributed by atoms with Crippen molar-refractivity contribution in [3.8, 4) is 0 Å². The molecule has 0 heterocycles. The molecule has 1 heteroatoms. The van der Waals surface area contributed by atoms with Gasteiger partial charge in [0.1, 0.15) is 0 Å². The number of nitrogens with two attached hydrogens (primary N) is 1. The van der Waals surface area contributed by atoms with Crippen LogP contribution in [0.25, 0.3) is 0 Å². The predicted molar refractivity (Wildman–Crippen MR) is 87.2 cm³/mol. The highest BCUT2D eigenvalue weighted by atomic mass is 14.6. The van der Waals surface area contributed by atoms with Crippen LogP contribution < -0.4 is 5.73 Å². The van der Waals surface area contributed by atoms with E-state index >= 15 is 0 Å². The van der Waals surface area contributed by atoms with E-state index in [-0.39, 0.29) is 6.04 Å². The lowest BCUT2D eigenvalue weighted by atomic mass is 9.87. The van der Waals surface area contributed by atoms with Crippen molar-refractivity contribution in [2.75, 3.05) is 0 Å². The second-order valence-corrected chi connectivity index (χ2v) is 5.97. The van der Waals surface area contributed by atoms with Gasteiger partial charge in [-0.3, -0.25) is 0 Å². The Balaban J connectivity index is 2.37. The lowest BCUT2D eigenvalue weighted by molar-refractivity contribution is 0.708. The van der Waals surface area contributed by atoms with E-state index in [2.05, 4.69) is 65.0 Å². The van der Waals surface area contributed by atoms with Gasteiger partial charge in [0, 0.05) is 6.04 Å². The van der Waals surface area contributed by atoms with Gasteiger partial charge in [-0.2, -0.15) is 0 Å². The lowest BCUT2D eigenvalue weighted by Crippen LogP contribution is -2.17. The van der Waals surface area contributed by atoms with Crippen LogP contribution in [0.2, 0.25) is 0 Å². The highest BCUT2D eigenvalue weighted by molar-refractivity contribution is 5.46. The molecule has 1 nitrogen and oxygen atoms in total. The van der Waals surface area contributed by atoms with Gasteiger partial charge in [0.2, 0.25) is 0 Å². The van der Waals surface area contributed by atoms with E-state index in [9.17, 15) is 0 Å². The Morgan fingerprint density at radius 1 is 0.900 bits per heavy atom. The van der Waals surface area contributed by atoms with Crippen molar-refractivity contribution < 1.29 is 0 Å². The third-order valence-electron chi connectivity index (χ3n) is 4.33. The van der Waals surface area contributed by atoms with Gasteiger partial charge in [0.25, 0.3) is 0 Å². The average Bonchev–Trinajstić information content (AvgIpc) is 2.36. The van der Waals surface area contributed by atoms with Crippen LogP contribution in [0.1, 0.15) is 45.0 Å². The molecular weight excluding hydrogens is 242 g/mol. The van der Waals surface area contributed by atoms with Crippen LogP contribution in [0.3, 0.4) is 0 Å². The highest BCUT2D eigenvalue weighted by Crippen LogP contribution is 2.28. The smallest absolute Gasteiger partial charge is 0.0341 e. The summed E-state index contributed by atoms with van der Waals surface area (Å²) in [5.74, 6) is 0. The molecule has 20 heavy (non-hydrogen) atoms. The minimum atomic E-state index is 0.0652. The topological polar surface area (TPSA) is 26.0 Å². The number of benzene rings is 2. The molecule has 2 N–H and O–H groups in total. The molecule has 0 amide bonds. The molecule has 0 spiro atoms. The lowest BCUT2D eigenvalue weighted by Gasteiger charge is -2.21. The maximum Gasteiger partial charge on any atom is 0.0341 e. The van der Waals surface area contributed by atoms with Crippen molar-refractivity contribution in [2.24, 2.45) is 5.73 Å². The number of hydrogen-bond donors (Lipinski definition) is 1. The van der Waals surface area contributed by atoms with Crippen LogP contribution in [0.15, 0.2) is 30.3 Å². The molecule has 0 aromatic heterocycles. The fraction of sp³-hybridized carbons (Fsp3) is 0.368. The van der Waals surface area contributed by atoms with Crippen LogP contribution in [-0.2, 0) is 6.42 Å². The molecule has 1 unspecified atom stereocenters. The van der Waals surface area contributed by atoms with Gasteiger partial charge in [0.15, 0.2) is 0 Å². The molecular formula is C19H25N. The molecule has 0 bridgehead atoms. The molecule has 0 aliphatic carbocycles. The monoisotopic (exact) mass is 267 g/mol. The minimum absolute atomic E-state index is 0.0652. The van der Waals surface area contributed by atoms with Gasteiger partial charge in [-0.25, -0.2) is 0 Å². The van der Waals surface area contributed by atoms with Crippen LogP contribution >= 0.6 is 0 Å². The summed E-state index contributed by atoms with van der Waals surface area (Å²) in [7, 11) is 0. The summed E-state index contributed by atoms with van der Waals surface area (Å²) in [6, 6.07) is 11.0. The first-order valence-electron chi connectivity index (χ1n) is 7.28. The summed E-state index contributed by atoms with van der Waals surface area (Å²) in [5.41, 5.74) is 15.8. The van der Waals surface area contributed by atoms with Gasteiger partial charge < -0.3 is 5.73 Å². The molecule has 0 aliphatic heterocycles. The van der Waals surface area contributed by atoms with Gasteiger partial charge in [-0.1, -0.05) is 35.9 Å². The quantitative estimate of drug-likeness (QED) is 0.872. The van der Waals surface area contributed by atoms with Crippen molar-refractivity contribution in [2.45, 2.75) is 47.1 Å². The third-order valence-corrected chi connectivity index (χ3v) is 4.33. The minimum Gasteiger partial charge on any atom is -0.324 e. The molecule has 106 valence electrons. The van der Waals surface area contributed by atoms with E-state index in [1.807, 2.05) is 0 Å². The van der Waals surface area contributed by atoms with Crippen LogP contribution in [-0.4, -0.2) is 0 Å². The maximum absolute atomic E-state index is 6.52. The zero-order valence-corrected chi connectivity index (χ0v) is 13.2. The largest absolute Gasteiger partial charge is 0.324 e. The molecule has 0 saturated carbocycles. The second kappa shape index (κ2) is 5.80. The standard InChI is InChI=1S/C19H25N/c1-12-7-6-8-17(9-12)11-18(20)19-15(4)13(2)10-14(3)16(19)5/h6-10,18H,11,20H2,1-5H3. The van der Waals surface area contributed by atoms with E-state index < -0.39 is 0 Å². The number of rotatable bonds is 3. The summed E-state index contributed by atoms with van der Waals surface area (Å²) in [6.45, 7) is 10.8. The SMILES string of the molecule is Cc1cccc(CC(N)c2c(C)c(C)cc(C)c2C)c1. The first-order valence-corrected chi connectivity index (χ1v) is 7.28. The average molecular weight is 267 g/mol. The van der Waals surface area contributed by atoms with E-state index in [0.29, 0.717) is 0 Å². The van der Waals surface area contributed by atoms with Crippen molar-refractivity contribution in [1.82, 2.24) is 0 Å². The molecule has 0 aliphatic rings. The van der Waals surface area contributed by atoms with Crippen LogP contribution in [0.4, 0.5) is 0 Å². The third kappa shape index (κ3) is 2.94. The van der Waals surface area contributed by atoms with Gasteiger partial charge in [-0.05, 0) is 74.4 Å². The van der Waals surface area contributed by atoms with Crippen molar-refractivity contribution in [3.05, 3.63) is 69.3 Å². The summed E-state index contributed by atoms with van der Waals surface area (Å²) >= 11 is 0. The van der Waals surface area contributed by atoms with Crippen molar-refractivity contribution >= 4 is 0 Å². The zero-order chi connectivity index (χ0) is 14.9. The van der Waals surface area contributed by atoms with Gasteiger partial charge in [0.05, 0.1) is 0 Å².